The summed E-state index contributed by atoms with van der Waals surface area (Å²) in [7, 11) is 0. The maximum Gasteiger partial charge on any atom is 0.220 e. The molecule has 0 aliphatic carbocycles. The average Bonchev–Trinajstić information content (AvgIpc) is 2.55. The number of rotatable bonds is 8. The molecule has 0 saturated carbocycles. The Bertz CT molecular complexity index is 603. The number of aryl methyl sites for hydroxylation is 2. The molecule has 2 aromatic rings. The summed E-state index contributed by atoms with van der Waals surface area (Å²) in [5.41, 5.74) is 10.2. The van der Waals surface area contributed by atoms with E-state index >= 15 is 0 Å². The smallest absolute Gasteiger partial charge is 0.220 e. The second kappa shape index (κ2) is 8.99. The van der Waals surface area contributed by atoms with Gasteiger partial charge in [0, 0.05) is 18.7 Å². The molecule has 0 aliphatic rings. The van der Waals surface area contributed by atoms with Crippen LogP contribution in [0.4, 0.5) is 5.69 Å². The van der Waals surface area contributed by atoms with Crippen LogP contribution in [0, 0.1) is 6.92 Å². The van der Waals surface area contributed by atoms with Crippen molar-refractivity contribution in [3.05, 3.63) is 65.2 Å². The van der Waals surface area contributed by atoms with Gasteiger partial charge in [0.05, 0.1) is 0 Å². The van der Waals surface area contributed by atoms with Gasteiger partial charge >= 0.3 is 0 Å². The van der Waals surface area contributed by atoms with Crippen molar-refractivity contribution in [2.24, 2.45) is 0 Å². The average molecular weight is 310 g/mol. The predicted octanol–water partition coefficient (Wildman–Crippen LogP) is 3.65. The molecule has 0 saturated heterocycles. The van der Waals surface area contributed by atoms with Gasteiger partial charge in [0.2, 0.25) is 5.91 Å². The number of nitrogens with two attached hydrogens (primary N) is 1. The zero-order chi connectivity index (χ0) is 16.5. The van der Waals surface area contributed by atoms with Gasteiger partial charge in [-0.15, -0.1) is 0 Å². The summed E-state index contributed by atoms with van der Waals surface area (Å²) < 4.78 is 0. The fraction of sp³-hybridized carbons (Fsp3) is 0.350. The van der Waals surface area contributed by atoms with Crippen molar-refractivity contribution < 1.29 is 4.79 Å². The number of hydrogen-bond acceptors (Lipinski definition) is 2. The van der Waals surface area contributed by atoms with Crippen LogP contribution in [-0.2, 0) is 17.6 Å². The molecule has 0 unspecified atom stereocenters. The van der Waals surface area contributed by atoms with Crippen LogP contribution in [0.5, 0.6) is 0 Å². The summed E-state index contributed by atoms with van der Waals surface area (Å²) >= 11 is 0. The third kappa shape index (κ3) is 6.55. The molecular formula is C20H26N2O. The van der Waals surface area contributed by atoms with Crippen molar-refractivity contribution in [1.29, 1.82) is 0 Å². The molecule has 1 amide bonds. The molecule has 3 nitrogen and oxygen atoms in total. The highest BCUT2D eigenvalue weighted by Gasteiger charge is 2.01. The van der Waals surface area contributed by atoms with Crippen LogP contribution < -0.4 is 11.1 Å². The Morgan fingerprint density at radius 3 is 2.22 bits per heavy atom. The molecule has 3 heteroatoms. The first-order valence-electron chi connectivity index (χ1n) is 8.30. The molecule has 0 heterocycles. The van der Waals surface area contributed by atoms with Gasteiger partial charge in [-0.3, -0.25) is 4.79 Å². The number of unbranched alkanes of at least 4 members (excludes halogenated alkanes) is 1. The molecule has 23 heavy (non-hydrogen) atoms. The van der Waals surface area contributed by atoms with E-state index in [1.54, 1.807) is 0 Å². The SMILES string of the molecule is Cc1ccc(CCCCC(=O)NCCc2ccc(N)cc2)cc1. The molecule has 0 bridgehead atoms. The molecule has 3 N–H and O–H groups in total. The number of benzene rings is 2. The molecule has 0 spiro atoms. The van der Waals surface area contributed by atoms with Crippen LogP contribution in [0.15, 0.2) is 48.5 Å². The molecule has 0 aromatic heterocycles. The van der Waals surface area contributed by atoms with E-state index in [-0.39, 0.29) is 5.91 Å². The van der Waals surface area contributed by atoms with Crippen molar-refractivity contribution in [3.63, 3.8) is 0 Å². The van der Waals surface area contributed by atoms with Gasteiger partial charge in [-0.25, -0.2) is 0 Å². The molecule has 0 fully saturated rings. The molecule has 0 aliphatic heterocycles. The first-order chi connectivity index (χ1) is 11.1. The minimum Gasteiger partial charge on any atom is -0.399 e. The van der Waals surface area contributed by atoms with Crippen LogP contribution >= 0.6 is 0 Å². The number of anilines is 1. The fourth-order valence-corrected chi connectivity index (χ4v) is 2.49. The van der Waals surface area contributed by atoms with Crippen LogP contribution in [0.25, 0.3) is 0 Å². The van der Waals surface area contributed by atoms with Gasteiger partial charge in [-0.05, 0) is 55.9 Å². The fourth-order valence-electron chi connectivity index (χ4n) is 2.49. The van der Waals surface area contributed by atoms with E-state index in [1.807, 2.05) is 24.3 Å². The van der Waals surface area contributed by atoms with Crippen molar-refractivity contribution in [1.82, 2.24) is 5.32 Å². The van der Waals surface area contributed by atoms with Gasteiger partial charge < -0.3 is 11.1 Å². The maximum atomic E-state index is 11.8. The van der Waals surface area contributed by atoms with Crippen LogP contribution in [0.3, 0.4) is 0 Å². The Morgan fingerprint density at radius 2 is 1.52 bits per heavy atom. The second-order valence-corrected chi connectivity index (χ2v) is 6.03. The highest BCUT2D eigenvalue weighted by atomic mass is 16.1. The molecule has 2 rings (SSSR count). The number of hydrogen-bond donors (Lipinski definition) is 2. The van der Waals surface area contributed by atoms with Gasteiger partial charge in [0.15, 0.2) is 0 Å². The van der Waals surface area contributed by atoms with Crippen molar-refractivity contribution >= 4 is 11.6 Å². The van der Waals surface area contributed by atoms with E-state index in [4.69, 9.17) is 5.73 Å². The molecule has 2 aromatic carbocycles. The maximum absolute atomic E-state index is 11.8. The first kappa shape index (κ1) is 17.1. The normalized spacial score (nSPS) is 10.5. The molecule has 0 radical (unpaired) electrons. The van der Waals surface area contributed by atoms with E-state index in [2.05, 4.69) is 36.5 Å². The van der Waals surface area contributed by atoms with E-state index in [0.717, 1.165) is 31.4 Å². The zero-order valence-corrected chi connectivity index (χ0v) is 13.8. The molecule has 0 atom stereocenters. The van der Waals surface area contributed by atoms with Crippen LogP contribution in [0.1, 0.15) is 36.0 Å². The third-order valence-corrected chi connectivity index (χ3v) is 3.96. The number of amides is 1. The molecule has 122 valence electrons. The van der Waals surface area contributed by atoms with E-state index in [1.165, 1.54) is 16.7 Å². The Balaban J connectivity index is 1.56. The number of nitrogen functional groups attached to an aromatic ring is 1. The van der Waals surface area contributed by atoms with Gasteiger partial charge in [-0.1, -0.05) is 42.0 Å². The van der Waals surface area contributed by atoms with E-state index in [9.17, 15) is 4.79 Å². The Morgan fingerprint density at radius 1 is 0.913 bits per heavy atom. The zero-order valence-electron chi connectivity index (χ0n) is 13.8. The summed E-state index contributed by atoms with van der Waals surface area (Å²) in [6.07, 6.45) is 4.47. The first-order valence-corrected chi connectivity index (χ1v) is 8.30. The summed E-state index contributed by atoms with van der Waals surface area (Å²) in [4.78, 5) is 11.8. The van der Waals surface area contributed by atoms with Crippen molar-refractivity contribution in [2.75, 3.05) is 12.3 Å². The monoisotopic (exact) mass is 310 g/mol. The Labute approximate surface area is 138 Å². The summed E-state index contributed by atoms with van der Waals surface area (Å²) in [5, 5.41) is 2.98. The predicted molar refractivity (Wildman–Crippen MR) is 96.3 cm³/mol. The number of carbonyl (C=O) groups excluding carboxylic acids is 1. The Hall–Kier alpha value is -2.29. The van der Waals surface area contributed by atoms with Gasteiger partial charge in [0.1, 0.15) is 0 Å². The van der Waals surface area contributed by atoms with E-state index in [0.29, 0.717) is 13.0 Å². The summed E-state index contributed by atoms with van der Waals surface area (Å²) in [5.74, 6) is 0.143. The summed E-state index contributed by atoms with van der Waals surface area (Å²) in [6.45, 7) is 2.78. The topological polar surface area (TPSA) is 55.1 Å². The largest absolute Gasteiger partial charge is 0.399 e. The van der Waals surface area contributed by atoms with E-state index < -0.39 is 0 Å². The number of nitrogens with one attached hydrogen (secondary N) is 1. The lowest BCUT2D eigenvalue weighted by molar-refractivity contribution is -0.121. The summed E-state index contributed by atoms with van der Waals surface area (Å²) in [6, 6.07) is 16.4. The third-order valence-electron chi connectivity index (χ3n) is 3.96. The lowest BCUT2D eigenvalue weighted by Crippen LogP contribution is -2.25. The minimum absolute atomic E-state index is 0.143. The molecular weight excluding hydrogens is 284 g/mol. The quantitative estimate of drug-likeness (QED) is 0.577. The van der Waals surface area contributed by atoms with Crippen molar-refractivity contribution in [3.8, 4) is 0 Å². The lowest BCUT2D eigenvalue weighted by Gasteiger charge is -2.06. The van der Waals surface area contributed by atoms with Gasteiger partial charge in [0.25, 0.3) is 0 Å². The highest BCUT2D eigenvalue weighted by Crippen LogP contribution is 2.08. The second-order valence-electron chi connectivity index (χ2n) is 6.03. The van der Waals surface area contributed by atoms with Crippen LogP contribution in [-0.4, -0.2) is 12.5 Å². The van der Waals surface area contributed by atoms with Crippen molar-refractivity contribution in [2.45, 2.75) is 39.0 Å². The minimum atomic E-state index is 0.143. The number of carbonyl (C=O) groups is 1. The Kier molecular flexibility index (Phi) is 6.67. The van der Waals surface area contributed by atoms with Gasteiger partial charge in [-0.2, -0.15) is 0 Å². The standard InChI is InChI=1S/C20H26N2O/c1-16-6-8-17(9-7-16)4-2-3-5-20(23)22-15-14-18-10-12-19(21)13-11-18/h6-13H,2-5,14-15,21H2,1H3,(H,22,23). The van der Waals surface area contributed by atoms with Crippen LogP contribution in [0.2, 0.25) is 0 Å². The lowest BCUT2D eigenvalue weighted by atomic mass is 10.1. The highest BCUT2D eigenvalue weighted by molar-refractivity contribution is 5.75.